The van der Waals surface area contributed by atoms with Crippen molar-refractivity contribution in [3.63, 3.8) is 0 Å². The maximum absolute atomic E-state index is 11.8. The van der Waals surface area contributed by atoms with Crippen LogP contribution < -0.4 is 5.32 Å². The van der Waals surface area contributed by atoms with Gasteiger partial charge in [0.15, 0.2) is 0 Å². The second-order valence-corrected chi connectivity index (χ2v) is 4.61. The lowest BCUT2D eigenvalue weighted by atomic mass is 10.0. The van der Waals surface area contributed by atoms with E-state index < -0.39 is 0 Å². The van der Waals surface area contributed by atoms with Gasteiger partial charge in [-0.15, -0.1) is 0 Å². The Morgan fingerprint density at radius 3 is 3.06 bits per heavy atom. The standard InChI is InChI=1S/C12H24N2O2/c1-11-5-3-7-14(10-11)12(15)9-13-6-4-8-16-2/h11,13H,3-10H2,1-2H3. The average molecular weight is 228 g/mol. The summed E-state index contributed by atoms with van der Waals surface area (Å²) in [5.74, 6) is 0.898. The van der Waals surface area contributed by atoms with E-state index in [-0.39, 0.29) is 5.91 Å². The van der Waals surface area contributed by atoms with E-state index in [0.717, 1.165) is 39.1 Å². The van der Waals surface area contributed by atoms with E-state index in [0.29, 0.717) is 12.5 Å². The zero-order valence-electron chi connectivity index (χ0n) is 10.5. The van der Waals surface area contributed by atoms with E-state index in [1.807, 2.05) is 4.90 Å². The van der Waals surface area contributed by atoms with Crippen molar-refractivity contribution < 1.29 is 9.53 Å². The molecule has 94 valence electrons. The Hall–Kier alpha value is -0.610. The number of nitrogens with one attached hydrogen (secondary N) is 1. The van der Waals surface area contributed by atoms with Gasteiger partial charge < -0.3 is 15.0 Å². The fourth-order valence-corrected chi connectivity index (χ4v) is 2.06. The molecule has 0 bridgehead atoms. The highest BCUT2D eigenvalue weighted by molar-refractivity contribution is 5.78. The number of ether oxygens (including phenoxy) is 1. The molecule has 0 aromatic carbocycles. The summed E-state index contributed by atoms with van der Waals surface area (Å²) in [5.41, 5.74) is 0. The molecule has 0 aromatic rings. The van der Waals surface area contributed by atoms with Crippen LogP contribution in [0.1, 0.15) is 26.2 Å². The molecule has 0 radical (unpaired) electrons. The predicted octanol–water partition coefficient (Wildman–Crippen LogP) is 0.871. The third-order valence-electron chi connectivity index (χ3n) is 2.99. The summed E-state index contributed by atoms with van der Waals surface area (Å²) in [4.78, 5) is 13.8. The molecule has 1 fully saturated rings. The van der Waals surface area contributed by atoms with Crippen LogP contribution in [0.5, 0.6) is 0 Å². The summed E-state index contributed by atoms with van der Waals surface area (Å²) in [6, 6.07) is 0. The maximum atomic E-state index is 11.8. The van der Waals surface area contributed by atoms with E-state index in [9.17, 15) is 4.79 Å². The van der Waals surface area contributed by atoms with Gasteiger partial charge in [-0.3, -0.25) is 4.79 Å². The molecule has 0 saturated carbocycles. The molecule has 0 aromatic heterocycles. The summed E-state index contributed by atoms with van der Waals surface area (Å²) in [5, 5.41) is 3.16. The number of nitrogens with zero attached hydrogens (tertiary/aromatic N) is 1. The first kappa shape index (κ1) is 13.5. The minimum Gasteiger partial charge on any atom is -0.385 e. The number of likely N-dealkylation sites (tertiary alicyclic amines) is 1. The van der Waals surface area contributed by atoms with Gasteiger partial charge in [0, 0.05) is 26.8 Å². The highest BCUT2D eigenvalue weighted by Crippen LogP contribution is 2.14. The van der Waals surface area contributed by atoms with E-state index in [4.69, 9.17) is 4.74 Å². The van der Waals surface area contributed by atoms with Crippen molar-refractivity contribution in [2.45, 2.75) is 26.2 Å². The Kier molecular flexibility index (Phi) is 6.42. The summed E-state index contributed by atoms with van der Waals surface area (Å²) < 4.78 is 4.94. The minimum atomic E-state index is 0.240. The molecule has 1 saturated heterocycles. The van der Waals surface area contributed by atoms with Crippen molar-refractivity contribution in [1.29, 1.82) is 0 Å². The number of carbonyl (C=O) groups is 1. The molecule has 1 atom stereocenters. The number of methoxy groups -OCH3 is 1. The van der Waals surface area contributed by atoms with Gasteiger partial charge in [0.05, 0.1) is 6.54 Å². The number of piperidine rings is 1. The lowest BCUT2D eigenvalue weighted by Gasteiger charge is -2.31. The Labute approximate surface area is 98.3 Å². The topological polar surface area (TPSA) is 41.6 Å². The van der Waals surface area contributed by atoms with Gasteiger partial charge in [-0.05, 0) is 31.7 Å². The average Bonchev–Trinajstić information content (AvgIpc) is 2.28. The Bertz CT molecular complexity index is 209. The number of hydrogen-bond acceptors (Lipinski definition) is 3. The molecule has 1 rings (SSSR count). The number of hydrogen-bond donors (Lipinski definition) is 1. The number of amides is 1. The van der Waals surface area contributed by atoms with Crippen molar-refractivity contribution in [2.24, 2.45) is 5.92 Å². The Morgan fingerprint density at radius 2 is 2.38 bits per heavy atom. The maximum Gasteiger partial charge on any atom is 0.236 e. The fourth-order valence-electron chi connectivity index (χ4n) is 2.06. The van der Waals surface area contributed by atoms with Crippen LogP contribution in [-0.2, 0) is 9.53 Å². The van der Waals surface area contributed by atoms with Crippen LogP contribution in [0.15, 0.2) is 0 Å². The molecule has 4 nitrogen and oxygen atoms in total. The summed E-state index contributed by atoms with van der Waals surface area (Å²) in [7, 11) is 1.69. The van der Waals surface area contributed by atoms with E-state index in [1.165, 1.54) is 6.42 Å². The zero-order chi connectivity index (χ0) is 11.8. The van der Waals surface area contributed by atoms with Crippen LogP contribution in [0.3, 0.4) is 0 Å². The highest BCUT2D eigenvalue weighted by Gasteiger charge is 2.19. The molecule has 16 heavy (non-hydrogen) atoms. The molecular formula is C12H24N2O2. The zero-order valence-corrected chi connectivity index (χ0v) is 10.5. The van der Waals surface area contributed by atoms with Gasteiger partial charge in [0.1, 0.15) is 0 Å². The Balaban J connectivity index is 2.09. The molecule has 1 heterocycles. The largest absolute Gasteiger partial charge is 0.385 e. The van der Waals surface area contributed by atoms with Crippen molar-refractivity contribution in [3.05, 3.63) is 0 Å². The molecule has 1 aliphatic rings. The summed E-state index contributed by atoms with van der Waals surface area (Å²) >= 11 is 0. The second kappa shape index (κ2) is 7.63. The van der Waals surface area contributed by atoms with E-state index >= 15 is 0 Å². The first-order chi connectivity index (χ1) is 7.74. The van der Waals surface area contributed by atoms with Crippen LogP contribution in [0.25, 0.3) is 0 Å². The predicted molar refractivity (Wildman–Crippen MR) is 64.3 cm³/mol. The van der Waals surface area contributed by atoms with Gasteiger partial charge in [0.2, 0.25) is 5.91 Å². The van der Waals surface area contributed by atoms with E-state index in [1.54, 1.807) is 7.11 Å². The molecular weight excluding hydrogens is 204 g/mol. The van der Waals surface area contributed by atoms with Crippen LogP contribution in [0, 0.1) is 5.92 Å². The molecule has 1 N–H and O–H groups in total. The third kappa shape index (κ3) is 4.94. The molecule has 1 unspecified atom stereocenters. The normalized spacial score (nSPS) is 21.1. The quantitative estimate of drug-likeness (QED) is 0.686. The smallest absolute Gasteiger partial charge is 0.236 e. The molecule has 1 aliphatic heterocycles. The van der Waals surface area contributed by atoms with Gasteiger partial charge >= 0.3 is 0 Å². The van der Waals surface area contributed by atoms with Crippen LogP contribution in [-0.4, -0.2) is 50.7 Å². The first-order valence-corrected chi connectivity index (χ1v) is 6.21. The van der Waals surface area contributed by atoms with Crippen LogP contribution in [0.4, 0.5) is 0 Å². The van der Waals surface area contributed by atoms with Gasteiger partial charge in [-0.2, -0.15) is 0 Å². The second-order valence-electron chi connectivity index (χ2n) is 4.61. The van der Waals surface area contributed by atoms with Crippen molar-refractivity contribution in [3.8, 4) is 0 Å². The van der Waals surface area contributed by atoms with Crippen molar-refractivity contribution >= 4 is 5.91 Å². The number of rotatable bonds is 6. The van der Waals surface area contributed by atoms with Gasteiger partial charge in [0.25, 0.3) is 0 Å². The monoisotopic (exact) mass is 228 g/mol. The third-order valence-corrected chi connectivity index (χ3v) is 2.99. The van der Waals surface area contributed by atoms with Crippen LogP contribution in [0.2, 0.25) is 0 Å². The number of carbonyl (C=O) groups excluding carboxylic acids is 1. The lowest BCUT2D eigenvalue weighted by molar-refractivity contribution is -0.131. The van der Waals surface area contributed by atoms with E-state index in [2.05, 4.69) is 12.2 Å². The summed E-state index contributed by atoms with van der Waals surface area (Å²) in [6.07, 6.45) is 3.36. The molecule has 0 aliphatic carbocycles. The summed E-state index contributed by atoms with van der Waals surface area (Å²) in [6.45, 7) is 6.15. The molecule has 1 amide bonds. The van der Waals surface area contributed by atoms with Gasteiger partial charge in [-0.25, -0.2) is 0 Å². The lowest BCUT2D eigenvalue weighted by Crippen LogP contribution is -2.43. The van der Waals surface area contributed by atoms with Crippen molar-refractivity contribution in [1.82, 2.24) is 10.2 Å². The fraction of sp³-hybridized carbons (Fsp3) is 0.917. The van der Waals surface area contributed by atoms with Gasteiger partial charge in [-0.1, -0.05) is 6.92 Å². The van der Waals surface area contributed by atoms with Crippen molar-refractivity contribution in [2.75, 3.05) is 39.9 Å². The van der Waals surface area contributed by atoms with Crippen LogP contribution >= 0.6 is 0 Å². The Morgan fingerprint density at radius 1 is 1.56 bits per heavy atom. The highest BCUT2D eigenvalue weighted by atomic mass is 16.5. The SMILES string of the molecule is COCCCNCC(=O)N1CCCC(C)C1. The minimum absolute atomic E-state index is 0.240. The molecule has 0 spiro atoms. The first-order valence-electron chi connectivity index (χ1n) is 6.21. The molecule has 4 heteroatoms.